The molecule has 1 heterocycles. The Bertz CT molecular complexity index is 1630. The molecular weight excluding hydrogens is 949 g/mol. The number of allylic oxidation sites excluding steroid dienone is 14. The van der Waals surface area contributed by atoms with Crippen LogP contribution in [0.3, 0.4) is 0 Å². The Morgan fingerprint density at radius 1 is 0.453 bits per heavy atom. The summed E-state index contributed by atoms with van der Waals surface area (Å²) in [6, 6.07) is 0. The van der Waals surface area contributed by atoms with Crippen molar-refractivity contribution in [3.8, 4) is 0 Å². The van der Waals surface area contributed by atoms with E-state index in [4.69, 9.17) is 23.7 Å². The minimum atomic E-state index is -1.92. The first-order valence-electron chi connectivity index (χ1n) is 29.6. The first-order chi connectivity index (χ1) is 36.6. The van der Waals surface area contributed by atoms with Crippen LogP contribution in [0, 0.1) is 0 Å². The largest absolute Gasteiger partial charge is 0.479 e. The van der Waals surface area contributed by atoms with Crippen LogP contribution in [-0.4, -0.2) is 89.2 Å². The van der Waals surface area contributed by atoms with Crippen molar-refractivity contribution in [1.29, 1.82) is 0 Å². The topological polar surface area (TPSA) is 175 Å². The molecule has 0 aromatic rings. The number of carbonyl (C=O) groups is 4. The van der Waals surface area contributed by atoms with Crippen molar-refractivity contribution in [2.24, 2.45) is 0 Å². The Hall–Kier alpha value is -4.10. The van der Waals surface area contributed by atoms with E-state index in [1.54, 1.807) is 0 Å². The van der Waals surface area contributed by atoms with E-state index in [1.165, 1.54) is 64.2 Å². The Kier molecular flexibility index (Phi) is 46.6. The molecule has 0 saturated carbocycles. The third-order valence-corrected chi connectivity index (χ3v) is 12.9. The lowest BCUT2D eigenvalue weighted by Crippen LogP contribution is -2.61. The first kappa shape index (κ1) is 68.9. The molecule has 0 amide bonds. The van der Waals surface area contributed by atoms with E-state index >= 15 is 0 Å². The minimum Gasteiger partial charge on any atom is -0.479 e. The number of aliphatic carboxylic acids is 1. The summed E-state index contributed by atoms with van der Waals surface area (Å²) in [5, 5.41) is 31.4. The van der Waals surface area contributed by atoms with Crippen LogP contribution in [-0.2, 0) is 42.9 Å². The average Bonchev–Trinajstić information content (AvgIpc) is 3.39. The van der Waals surface area contributed by atoms with Gasteiger partial charge in [0.05, 0.1) is 6.61 Å². The van der Waals surface area contributed by atoms with Crippen molar-refractivity contribution in [2.75, 3.05) is 13.2 Å². The lowest BCUT2D eigenvalue weighted by Gasteiger charge is -2.40. The normalized spacial score (nSPS) is 18.8. The molecule has 428 valence electrons. The van der Waals surface area contributed by atoms with Crippen LogP contribution in [0.25, 0.3) is 0 Å². The molecule has 75 heavy (non-hydrogen) atoms. The van der Waals surface area contributed by atoms with Crippen LogP contribution < -0.4 is 0 Å². The third kappa shape index (κ3) is 40.8. The molecule has 3 N–H and O–H groups in total. The van der Waals surface area contributed by atoms with E-state index in [-0.39, 0.29) is 25.9 Å². The molecule has 12 heteroatoms. The average molecular weight is 1050 g/mol. The van der Waals surface area contributed by atoms with Gasteiger partial charge >= 0.3 is 23.9 Å². The molecule has 0 aromatic heterocycles. The Morgan fingerprint density at radius 2 is 0.840 bits per heavy atom. The van der Waals surface area contributed by atoms with Crippen molar-refractivity contribution in [1.82, 2.24) is 0 Å². The summed E-state index contributed by atoms with van der Waals surface area (Å²) in [5.41, 5.74) is 0. The van der Waals surface area contributed by atoms with Crippen LogP contribution >= 0.6 is 0 Å². The number of esters is 3. The monoisotopic (exact) mass is 1050 g/mol. The number of carboxylic acid groups (broad SMARTS) is 1. The van der Waals surface area contributed by atoms with Gasteiger partial charge in [-0.25, -0.2) is 4.79 Å². The number of unbranched alkanes of at least 4 members (excludes halogenated alkanes) is 21. The quantitative estimate of drug-likeness (QED) is 0.0228. The SMILES string of the molecule is CC/C=C\C/C=C\C/C=C\CCCCCCCC(=O)OC(COC(=O)CCCCCCCCC/C=C\CCCCCCCC)COC1OC(C(=O)O)C(O)C(O)C1OC(=O)CCCCC/C=C\C/C=C\C/C=C\CC. The molecule has 0 aliphatic carbocycles. The van der Waals surface area contributed by atoms with Crippen LogP contribution in [0.4, 0.5) is 0 Å². The highest BCUT2D eigenvalue weighted by atomic mass is 16.7. The zero-order valence-electron chi connectivity index (χ0n) is 47.0. The maximum atomic E-state index is 13.1. The van der Waals surface area contributed by atoms with Gasteiger partial charge in [-0.05, 0) is 109 Å². The fourth-order valence-corrected chi connectivity index (χ4v) is 8.45. The van der Waals surface area contributed by atoms with Crippen molar-refractivity contribution < 1.29 is 58.2 Å². The molecule has 0 aromatic carbocycles. The van der Waals surface area contributed by atoms with Gasteiger partial charge in [-0.15, -0.1) is 0 Å². The number of ether oxygens (including phenoxy) is 5. The van der Waals surface area contributed by atoms with Crippen molar-refractivity contribution in [3.63, 3.8) is 0 Å². The van der Waals surface area contributed by atoms with Gasteiger partial charge in [0, 0.05) is 19.3 Å². The van der Waals surface area contributed by atoms with Crippen molar-refractivity contribution in [3.05, 3.63) is 85.1 Å². The lowest BCUT2D eigenvalue weighted by molar-refractivity contribution is -0.301. The zero-order valence-corrected chi connectivity index (χ0v) is 47.0. The van der Waals surface area contributed by atoms with E-state index in [2.05, 4.69) is 106 Å². The van der Waals surface area contributed by atoms with E-state index in [0.717, 1.165) is 116 Å². The van der Waals surface area contributed by atoms with Crippen LogP contribution in [0.15, 0.2) is 85.1 Å². The van der Waals surface area contributed by atoms with Gasteiger partial charge in [0.1, 0.15) is 18.8 Å². The van der Waals surface area contributed by atoms with E-state index in [1.807, 2.05) is 0 Å². The molecule has 1 aliphatic heterocycles. The van der Waals surface area contributed by atoms with Gasteiger partial charge in [0.25, 0.3) is 0 Å². The molecule has 0 spiro atoms. The molecule has 0 bridgehead atoms. The summed E-state index contributed by atoms with van der Waals surface area (Å²) in [5.74, 6) is -3.19. The van der Waals surface area contributed by atoms with Gasteiger partial charge in [-0.1, -0.05) is 196 Å². The van der Waals surface area contributed by atoms with E-state index in [0.29, 0.717) is 19.3 Å². The second-order valence-electron chi connectivity index (χ2n) is 19.9. The number of hydrogen-bond donors (Lipinski definition) is 3. The molecule has 1 rings (SSSR count). The summed E-state index contributed by atoms with van der Waals surface area (Å²) < 4.78 is 28.4. The van der Waals surface area contributed by atoms with Gasteiger partial charge in [0.15, 0.2) is 24.6 Å². The molecule has 0 radical (unpaired) electrons. The Labute approximate surface area is 454 Å². The van der Waals surface area contributed by atoms with Crippen molar-refractivity contribution >= 4 is 23.9 Å². The number of aliphatic hydroxyl groups excluding tert-OH is 2. The highest BCUT2D eigenvalue weighted by Gasteiger charge is 2.50. The van der Waals surface area contributed by atoms with Gasteiger partial charge < -0.3 is 39.0 Å². The number of rotatable bonds is 49. The Balaban J connectivity index is 2.72. The second-order valence-corrected chi connectivity index (χ2v) is 19.9. The Morgan fingerprint density at radius 3 is 1.31 bits per heavy atom. The summed E-state index contributed by atoms with van der Waals surface area (Å²) in [6.07, 6.45) is 52.7. The van der Waals surface area contributed by atoms with Crippen LogP contribution in [0.5, 0.6) is 0 Å². The molecule has 6 unspecified atom stereocenters. The van der Waals surface area contributed by atoms with Crippen LogP contribution in [0.2, 0.25) is 0 Å². The van der Waals surface area contributed by atoms with E-state index < -0.39 is 67.3 Å². The lowest BCUT2D eigenvalue weighted by atomic mass is 9.98. The molecule has 12 nitrogen and oxygen atoms in total. The maximum Gasteiger partial charge on any atom is 0.335 e. The van der Waals surface area contributed by atoms with Crippen LogP contribution in [0.1, 0.15) is 239 Å². The summed E-state index contributed by atoms with van der Waals surface area (Å²) >= 11 is 0. The highest BCUT2D eigenvalue weighted by molar-refractivity contribution is 5.74. The van der Waals surface area contributed by atoms with E-state index in [9.17, 15) is 34.5 Å². The van der Waals surface area contributed by atoms with Gasteiger partial charge in [-0.3, -0.25) is 14.4 Å². The number of hydrogen-bond acceptors (Lipinski definition) is 11. The fraction of sp³-hybridized carbons (Fsp3) is 0.714. The first-order valence-corrected chi connectivity index (χ1v) is 29.6. The predicted molar refractivity (Wildman–Crippen MR) is 303 cm³/mol. The predicted octanol–water partition coefficient (Wildman–Crippen LogP) is 15.1. The zero-order chi connectivity index (χ0) is 54.7. The molecule has 1 fully saturated rings. The summed E-state index contributed by atoms with van der Waals surface area (Å²) in [7, 11) is 0. The molecular formula is C63H104O12. The smallest absolute Gasteiger partial charge is 0.335 e. The minimum absolute atomic E-state index is 0.0199. The van der Waals surface area contributed by atoms with Gasteiger partial charge in [-0.2, -0.15) is 0 Å². The van der Waals surface area contributed by atoms with Gasteiger partial charge in [0.2, 0.25) is 0 Å². The summed E-state index contributed by atoms with van der Waals surface area (Å²) in [4.78, 5) is 51.1. The highest BCUT2D eigenvalue weighted by Crippen LogP contribution is 2.26. The number of carboxylic acids is 1. The maximum absolute atomic E-state index is 13.1. The van der Waals surface area contributed by atoms with Crippen molar-refractivity contribution in [2.45, 2.75) is 276 Å². The second kappa shape index (κ2) is 50.7. The third-order valence-electron chi connectivity index (χ3n) is 12.9. The molecule has 1 aliphatic rings. The fourth-order valence-electron chi connectivity index (χ4n) is 8.45. The number of aliphatic hydroxyl groups is 2. The summed E-state index contributed by atoms with van der Waals surface area (Å²) in [6.45, 7) is 5.73. The number of carbonyl (C=O) groups excluding carboxylic acids is 3. The molecule has 1 saturated heterocycles. The molecule has 6 atom stereocenters. The standard InChI is InChI=1S/C63H104O12/c1-4-7-10-13-16-19-22-25-27-28-30-32-34-37-40-43-46-49-55(64)71-52-54(73-56(65)50-47-44-41-38-36-33-29-26-23-20-17-14-11-8-5-2)53-72-63-61(59(68)58(67)60(75-63)62(69)70)74-57(66)51-48-45-42-39-35-31-24-21-18-15-12-9-6-3/h8-9,11-12,17-18,20-21,25-27,29,31,35,54,58-61,63,67-68H,4-7,10,13-16,19,22-24,28,30,32-34,36-53H2,1-3H3,(H,69,70)/b11-8-,12-9-,20-17-,21-18-,27-25-,29-26-,35-31-.